The molecule has 6 aromatic rings. The molecule has 0 fully saturated rings. The van der Waals surface area contributed by atoms with Crippen molar-refractivity contribution < 1.29 is 28.7 Å². The van der Waals surface area contributed by atoms with Crippen LogP contribution in [0.5, 0.6) is 23.0 Å². The Morgan fingerprint density at radius 1 is 0.436 bits per heavy atom. The number of anilines is 2. The molecule has 0 saturated carbocycles. The minimum atomic E-state index is -0.658. The Hall–Kier alpha value is -7.32. The van der Waals surface area contributed by atoms with Crippen molar-refractivity contribution in [1.29, 1.82) is 0 Å². The molecule has 2 aliphatic heterocycles. The van der Waals surface area contributed by atoms with Crippen LogP contribution in [0.25, 0.3) is 11.1 Å². The number of carbonyl (C=O) groups excluding carboxylic acids is 4. The van der Waals surface area contributed by atoms with Crippen LogP contribution in [0.15, 0.2) is 158 Å². The number of imide groups is 2. The molecular formula is C47H32N2O6. The summed E-state index contributed by atoms with van der Waals surface area (Å²) in [6.45, 7) is 4.06. The highest BCUT2D eigenvalue weighted by molar-refractivity contribution is 6.28. The summed E-state index contributed by atoms with van der Waals surface area (Å²) < 4.78 is 12.7. The van der Waals surface area contributed by atoms with Crippen LogP contribution in [0, 0.1) is 13.8 Å². The van der Waals surface area contributed by atoms with Crippen molar-refractivity contribution in [2.75, 3.05) is 9.80 Å². The predicted octanol–water partition coefficient (Wildman–Crippen LogP) is 9.11. The molecule has 0 unspecified atom stereocenters. The molecule has 0 aromatic heterocycles. The lowest BCUT2D eigenvalue weighted by molar-refractivity contribution is -0.121. The molecule has 6 aromatic carbocycles. The predicted molar refractivity (Wildman–Crippen MR) is 210 cm³/mol. The zero-order valence-corrected chi connectivity index (χ0v) is 29.9. The number of fused-ring (bicyclic) bond motifs is 3. The Labute approximate surface area is 317 Å². The first-order chi connectivity index (χ1) is 26.7. The van der Waals surface area contributed by atoms with Gasteiger partial charge < -0.3 is 9.47 Å². The molecule has 1 aliphatic carbocycles. The van der Waals surface area contributed by atoms with Gasteiger partial charge in [0.05, 0.1) is 16.8 Å². The normalized spacial score (nSPS) is 15.2. The fourth-order valence-corrected chi connectivity index (χ4v) is 7.91. The molecule has 0 radical (unpaired) electrons. The minimum absolute atomic E-state index is 0.369. The summed E-state index contributed by atoms with van der Waals surface area (Å²) in [4.78, 5) is 50.9. The third-order valence-electron chi connectivity index (χ3n) is 10.4. The molecule has 8 heteroatoms. The highest BCUT2D eigenvalue weighted by Crippen LogP contribution is 2.56. The number of rotatable bonds is 8. The standard InChI is InChI=1S/C47H32N2O6/c1-29-27-31(11-21-41(29)54-35-17-13-33(14-18-35)48-43(50)23-24-44(48)51)47(39-9-5-3-7-37(39)38-8-4-6-10-40(38)47)32-12-22-42(30(2)28-32)55-36-19-15-34(16-20-36)49-45(52)25-26-46(49)53/h3-28H,1-2H3. The van der Waals surface area contributed by atoms with Crippen molar-refractivity contribution in [2.24, 2.45) is 0 Å². The number of ether oxygens (including phenoxy) is 2. The van der Waals surface area contributed by atoms with E-state index in [0.29, 0.717) is 34.4 Å². The van der Waals surface area contributed by atoms with Gasteiger partial charge in [-0.25, -0.2) is 9.80 Å². The van der Waals surface area contributed by atoms with Crippen LogP contribution in [0.3, 0.4) is 0 Å². The van der Waals surface area contributed by atoms with E-state index in [-0.39, 0.29) is 23.6 Å². The molecule has 4 amide bonds. The van der Waals surface area contributed by atoms with Gasteiger partial charge in [0.2, 0.25) is 0 Å². The van der Waals surface area contributed by atoms with Gasteiger partial charge in [0, 0.05) is 24.3 Å². The van der Waals surface area contributed by atoms with Crippen molar-refractivity contribution in [1.82, 2.24) is 0 Å². The van der Waals surface area contributed by atoms with Gasteiger partial charge in [0.25, 0.3) is 23.6 Å². The lowest BCUT2D eigenvalue weighted by Crippen LogP contribution is -2.29. The first-order valence-corrected chi connectivity index (χ1v) is 17.8. The number of nitrogens with zero attached hydrogens (tertiary/aromatic N) is 2. The van der Waals surface area contributed by atoms with Crippen LogP contribution in [0.2, 0.25) is 0 Å². The second-order valence-corrected chi connectivity index (χ2v) is 13.7. The Balaban J connectivity index is 1.07. The summed E-state index contributed by atoms with van der Waals surface area (Å²) in [7, 11) is 0. The SMILES string of the molecule is Cc1cc(C2(c3ccc(Oc4ccc(N5C(=O)C=CC5=O)cc4)c(C)c3)c3ccccc3-c3ccccc32)ccc1Oc1ccc(N2C(=O)C=CC2=O)cc1. The van der Waals surface area contributed by atoms with Gasteiger partial charge in [-0.15, -0.1) is 0 Å². The van der Waals surface area contributed by atoms with Gasteiger partial charge in [0.1, 0.15) is 23.0 Å². The number of hydrogen-bond donors (Lipinski definition) is 0. The van der Waals surface area contributed by atoms with Crippen molar-refractivity contribution in [2.45, 2.75) is 19.3 Å². The fourth-order valence-electron chi connectivity index (χ4n) is 7.91. The van der Waals surface area contributed by atoms with Crippen LogP contribution < -0.4 is 19.3 Å². The van der Waals surface area contributed by atoms with Crippen molar-refractivity contribution >= 4 is 35.0 Å². The minimum Gasteiger partial charge on any atom is -0.457 e. The molecule has 0 bridgehead atoms. The smallest absolute Gasteiger partial charge is 0.258 e. The zero-order chi connectivity index (χ0) is 37.8. The summed E-state index contributed by atoms with van der Waals surface area (Å²) in [6.07, 6.45) is 5.05. The number of carbonyl (C=O) groups is 4. The van der Waals surface area contributed by atoms with E-state index in [9.17, 15) is 19.2 Å². The van der Waals surface area contributed by atoms with E-state index < -0.39 is 5.41 Å². The zero-order valence-electron chi connectivity index (χ0n) is 29.9. The lowest BCUT2D eigenvalue weighted by atomic mass is 9.67. The van der Waals surface area contributed by atoms with E-state index in [1.807, 2.05) is 26.0 Å². The van der Waals surface area contributed by atoms with Gasteiger partial charge in [0.15, 0.2) is 0 Å². The third kappa shape index (κ3) is 5.46. The Bertz CT molecular complexity index is 2440. The quantitative estimate of drug-likeness (QED) is 0.146. The molecule has 0 spiro atoms. The number of benzene rings is 6. The van der Waals surface area contributed by atoms with Crippen molar-refractivity contribution in [3.63, 3.8) is 0 Å². The molecule has 3 aliphatic rings. The van der Waals surface area contributed by atoms with Crippen LogP contribution in [-0.2, 0) is 24.6 Å². The van der Waals surface area contributed by atoms with E-state index in [1.54, 1.807) is 48.5 Å². The Morgan fingerprint density at radius 3 is 1.16 bits per heavy atom. The molecule has 9 rings (SSSR count). The van der Waals surface area contributed by atoms with Crippen LogP contribution in [0.1, 0.15) is 33.4 Å². The maximum Gasteiger partial charge on any atom is 0.258 e. The van der Waals surface area contributed by atoms with Crippen LogP contribution >= 0.6 is 0 Å². The highest BCUT2D eigenvalue weighted by atomic mass is 16.5. The Kier molecular flexibility index (Phi) is 7.90. The van der Waals surface area contributed by atoms with Gasteiger partial charge in [-0.3, -0.25) is 19.2 Å². The topological polar surface area (TPSA) is 93.2 Å². The highest BCUT2D eigenvalue weighted by Gasteiger charge is 2.46. The van der Waals surface area contributed by atoms with Gasteiger partial charge in [-0.1, -0.05) is 72.8 Å². The fraction of sp³-hybridized carbons (Fsp3) is 0.0638. The van der Waals surface area contributed by atoms with E-state index in [4.69, 9.17) is 9.47 Å². The van der Waals surface area contributed by atoms with E-state index in [2.05, 4.69) is 72.8 Å². The summed E-state index contributed by atoms with van der Waals surface area (Å²) in [5.41, 5.74) is 9.01. The van der Waals surface area contributed by atoms with Gasteiger partial charge >= 0.3 is 0 Å². The molecular weight excluding hydrogens is 689 g/mol. The third-order valence-corrected chi connectivity index (χ3v) is 10.4. The second-order valence-electron chi connectivity index (χ2n) is 13.7. The first kappa shape index (κ1) is 33.5. The van der Waals surface area contributed by atoms with E-state index in [0.717, 1.165) is 32.1 Å². The molecule has 8 nitrogen and oxygen atoms in total. The molecule has 55 heavy (non-hydrogen) atoms. The summed E-state index contributed by atoms with van der Waals surface area (Å²) in [6, 6.07) is 43.5. The number of aryl methyl sites for hydroxylation is 2. The number of hydrogen-bond acceptors (Lipinski definition) is 6. The van der Waals surface area contributed by atoms with Crippen LogP contribution in [-0.4, -0.2) is 23.6 Å². The summed E-state index contributed by atoms with van der Waals surface area (Å²) in [5, 5.41) is 0. The molecule has 2 heterocycles. The molecule has 0 N–H and O–H groups in total. The average molecular weight is 721 g/mol. The van der Waals surface area contributed by atoms with E-state index in [1.165, 1.54) is 46.6 Å². The summed E-state index contributed by atoms with van der Waals surface area (Å²) in [5.74, 6) is 1.04. The maximum absolute atomic E-state index is 12.2. The Morgan fingerprint density at radius 2 is 0.800 bits per heavy atom. The maximum atomic E-state index is 12.2. The number of amides is 4. The molecule has 0 saturated heterocycles. The largest absolute Gasteiger partial charge is 0.457 e. The summed E-state index contributed by atoms with van der Waals surface area (Å²) >= 11 is 0. The second kappa shape index (κ2) is 13.0. The lowest BCUT2D eigenvalue weighted by Gasteiger charge is -2.34. The first-order valence-electron chi connectivity index (χ1n) is 17.8. The van der Waals surface area contributed by atoms with Crippen molar-refractivity contribution in [3.05, 3.63) is 191 Å². The molecule has 0 atom stereocenters. The van der Waals surface area contributed by atoms with Gasteiger partial charge in [-0.2, -0.15) is 0 Å². The average Bonchev–Trinajstić information content (AvgIpc) is 3.83. The van der Waals surface area contributed by atoms with Crippen molar-refractivity contribution in [3.8, 4) is 34.1 Å². The van der Waals surface area contributed by atoms with Gasteiger partial charge in [-0.05, 0) is 119 Å². The van der Waals surface area contributed by atoms with E-state index >= 15 is 0 Å². The van der Waals surface area contributed by atoms with Crippen LogP contribution in [0.4, 0.5) is 11.4 Å². The molecule has 266 valence electrons. The monoisotopic (exact) mass is 720 g/mol.